The second-order valence-electron chi connectivity index (χ2n) is 4.72. The SMILES string of the molecule is CC1(c2n[nH]c(CCC(=O)O)n2)CCCOC1. The Hall–Kier alpha value is -1.43. The van der Waals surface area contributed by atoms with Crippen molar-refractivity contribution in [3.8, 4) is 0 Å². The molecule has 0 aliphatic carbocycles. The summed E-state index contributed by atoms with van der Waals surface area (Å²) in [5.41, 5.74) is -0.143. The summed E-state index contributed by atoms with van der Waals surface area (Å²) in [6.45, 7) is 3.51. The minimum atomic E-state index is -0.824. The zero-order valence-corrected chi connectivity index (χ0v) is 9.90. The Labute approximate surface area is 99.4 Å². The lowest BCUT2D eigenvalue weighted by molar-refractivity contribution is -0.137. The van der Waals surface area contributed by atoms with Crippen molar-refractivity contribution >= 4 is 5.97 Å². The summed E-state index contributed by atoms with van der Waals surface area (Å²) in [7, 11) is 0. The van der Waals surface area contributed by atoms with Crippen LogP contribution in [0.1, 0.15) is 37.8 Å². The van der Waals surface area contributed by atoms with Crippen molar-refractivity contribution in [1.29, 1.82) is 0 Å². The van der Waals surface area contributed by atoms with Gasteiger partial charge in [-0.2, -0.15) is 5.10 Å². The molecule has 0 radical (unpaired) electrons. The number of nitrogens with one attached hydrogen (secondary N) is 1. The van der Waals surface area contributed by atoms with Crippen LogP contribution in [0.5, 0.6) is 0 Å². The number of hydrogen-bond donors (Lipinski definition) is 2. The number of carboxylic acids is 1. The molecular formula is C11H17N3O3. The van der Waals surface area contributed by atoms with Gasteiger partial charge in [0.1, 0.15) is 5.82 Å². The van der Waals surface area contributed by atoms with E-state index in [2.05, 4.69) is 22.1 Å². The van der Waals surface area contributed by atoms with Gasteiger partial charge in [0.2, 0.25) is 0 Å². The summed E-state index contributed by atoms with van der Waals surface area (Å²) in [6.07, 6.45) is 2.47. The molecule has 2 heterocycles. The van der Waals surface area contributed by atoms with Gasteiger partial charge in [-0.05, 0) is 12.8 Å². The minimum absolute atomic E-state index is 0.0713. The Bertz CT molecular complexity index is 396. The minimum Gasteiger partial charge on any atom is -0.481 e. The van der Waals surface area contributed by atoms with Crippen LogP contribution in [-0.4, -0.2) is 39.5 Å². The average molecular weight is 239 g/mol. The Morgan fingerprint density at radius 3 is 3.12 bits per heavy atom. The predicted molar refractivity (Wildman–Crippen MR) is 59.7 cm³/mol. The van der Waals surface area contributed by atoms with E-state index < -0.39 is 5.97 Å². The van der Waals surface area contributed by atoms with E-state index in [0.29, 0.717) is 18.9 Å². The Morgan fingerprint density at radius 1 is 1.65 bits per heavy atom. The maximum absolute atomic E-state index is 10.5. The summed E-state index contributed by atoms with van der Waals surface area (Å²) < 4.78 is 5.46. The molecule has 1 atom stereocenters. The van der Waals surface area contributed by atoms with Gasteiger partial charge in [-0.25, -0.2) is 4.98 Å². The molecular weight excluding hydrogens is 222 g/mol. The van der Waals surface area contributed by atoms with Gasteiger partial charge in [0.15, 0.2) is 5.82 Å². The monoisotopic (exact) mass is 239 g/mol. The Morgan fingerprint density at radius 2 is 2.47 bits per heavy atom. The summed E-state index contributed by atoms with van der Waals surface area (Å²) >= 11 is 0. The number of carboxylic acid groups (broad SMARTS) is 1. The summed E-state index contributed by atoms with van der Waals surface area (Å²) in [6, 6.07) is 0. The van der Waals surface area contributed by atoms with Crippen molar-refractivity contribution in [1.82, 2.24) is 15.2 Å². The van der Waals surface area contributed by atoms with Crippen molar-refractivity contribution in [2.24, 2.45) is 0 Å². The molecule has 6 nitrogen and oxygen atoms in total. The van der Waals surface area contributed by atoms with E-state index in [0.717, 1.165) is 25.3 Å². The predicted octanol–water partition coefficient (Wildman–Crippen LogP) is 0.890. The van der Waals surface area contributed by atoms with E-state index in [4.69, 9.17) is 9.84 Å². The molecule has 0 spiro atoms. The van der Waals surface area contributed by atoms with E-state index >= 15 is 0 Å². The van der Waals surface area contributed by atoms with E-state index in [1.807, 2.05) is 0 Å². The fraction of sp³-hybridized carbons (Fsp3) is 0.727. The number of nitrogens with zero attached hydrogens (tertiary/aromatic N) is 2. The molecule has 1 aromatic rings. The molecule has 1 aliphatic rings. The van der Waals surface area contributed by atoms with E-state index in [1.54, 1.807) is 0 Å². The standard InChI is InChI=1S/C11H17N3O3/c1-11(5-2-6-17-7-11)10-12-8(13-14-10)3-4-9(15)16/h2-7H2,1H3,(H,15,16)(H,12,13,14). The molecule has 2 rings (SSSR count). The van der Waals surface area contributed by atoms with Gasteiger partial charge in [-0.1, -0.05) is 6.92 Å². The normalized spacial score (nSPS) is 24.8. The molecule has 0 saturated carbocycles. The van der Waals surface area contributed by atoms with Crippen molar-refractivity contribution in [3.63, 3.8) is 0 Å². The van der Waals surface area contributed by atoms with E-state index in [9.17, 15) is 4.79 Å². The van der Waals surface area contributed by atoms with Crippen LogP contribution in [-0.2, 0) is 21.4 Å². The third kappa shape index (κ3) is 2.82. The van der Waals surface area contributed by atoms with Gasteiger partial charge >= 0.3 is 5.97 Å². The molecule has 1 aliphatic heterocycles. The average Bonchev–Trinajstić information content (AvgIpc) is 2.76. The van der Waals surface area contributed by atoms with E-state index in [-0.39, 0.29) is 11.8 Å². The van der Waals surface area contributed by atoms with Crippen molar-refractivity contribution in [2.45, 2.75) is 38.0 Å². The highest BCUT2D eigenvalue weighted by molar-refractivity contribution is 5.66. The van der Waals surface area contributed by atoms with Crippen molar-refractivity contribution < 1.29 is 14.6 Å². The lowest BCUT2D eigenvalue weighted by Gasteiger charge is -2.30. The number of aliphatic carboxylic acids is 1. The summed E-state index contributed by atoms with van der Waals surface area (Å²) in [5, 5.41) is 15.6. The van der Waals surface area contributed by atoms with Crippen LogP contribution in [0.25, 0.3) is 0 Å². The maximum atomic E-state index is 10.5. The first-order valence-electron chi connectivity index (χ1n) is 5.81. The molecule has 6 heteroatoms. The molecule has 0 bridgehead atoms. The van der Waals surface area contributed by atoms with Crippen LogP contribution < -0.4 is 0 Å². The first-order chi connectivity index (χ1) is 8.10. The van der Waals surface area contributed by atoms with E-state index in [1.165, 1.54) is 0 Å². The number of aromatic nitrogens is 3. The smallest absolute Gasteiger partial charge is 0.303 e. The highest BCUT2D eigenvalue weighted by atomic mass is 16.5. The van der Waals surface area contributed by atoms with Crippen LogP contribution in [0.4, 0.5) is 0 Å². The number of rotatable bonds is 4. The Balaban J connectivity index is 2.03. The summed E-state index contributed by atoms with van der Waals surface area (Å²) in [5.74, 6) is 0.543. The summed E-state index contributed by atoms with van der Waals surface area (Å²) in [4.78, 5) is 14.8. The second kappa shape index (κ2) is 4.83. The van der Waals surface area contributed by atoms with Crippen LogP contribution in [0.15, 0.2) is 0 Å². The van der Waals surface area contributed by atoms with Gasteiger partial charge in [0.25, 0.3) is 0 Å². The quantitative estimate of drug-likeness (QED) is 0.814. The molecule has 1 fully saturated rings. The number of carbonyl (C=O) groups is 1. The highest BCUT2D eigenvalue weighted by Crippen LogP contribution is 2.29. The van der Waals surface area contributed by atoms with Gasteiger partial charge in [-0.3, -0.25) is 9.89 Å². The first-order valence-corrected chi connectivity index (χ1v) is 5.81. The second-order valence-corrected chi connectivity index (χ2v) is 4.72. The first kappa shape index (κ1) is 12.0. The van der Waals surface area contributed by atoms with Crippen LogP contribution in [0.2, 0.25) is 0 Å². The van der Waals surface area contributed by atoms with Gasteiger partial charge < -0.3 is 9.84 Å². The topological polar surface area (TPSA) is 88.1 Å². The molecule has 0 amide bonds. The number of ether oxygens (including phenoxy) is 1. The molecule has 1 aromatic heterocycles. The maximum Gasteiger partial charge on any atom is 0.303 e. The van der Waals surface area contributed by atoms with Crippen molar-refractivity contribution in [3.05, 3.63) is 11.6 Å². The molecule has 17 heavy (non-hydrogen) atoms. The van der Waals surface area contributed by atoms with Gasteiger partial charge in [0.05, 0.1) is 18.4 Å². The zero-order valence-electron chi connectivity index (χ0n) is 9.90. The largest absolute Gasteiger partial charge is 0.481 e. The molecule has 2 N–H and O–H groups in total. The van der Waals surface area contributed by atoms with Crippen molar-refractivity contribution in [2.75, 3.05) is 13.2 Å². The highest BCUT2D eigenvalue weighted by Gasteiger charge is 2.33. The lowest BCUT2D eigenvalue weighted by atomic mass is 9.84. The number of H-pyrrole nitrogens is 1. The lowest BCUT2D eigenvalue weighted by Crippen LogP contribution is -2.34. The third-order valence-corrected chi connectivity index (χ3v) is 3.09. The van der Waals surface area contributed by atoms with Gasteiger partial charge in [0, 0.05) is 13.0 Å². The number of aromatic amines is 1. The van der Waals surface area contributed by atoms with Crippen LogP contribution in [0.3, 0.4) is 0 Å². The van der Waals surface area contributed by atoms with Gasteiger partial charge in [-0.15, -0.1) is 0 Å². The molecule has 1 saturated heterocycles. The molecule has 0 aromatic carbocycles. The molecule has 1 unspecified atom stereocenters. The number of aryl methyl sites for hydroxylation is 1. The zero-order chi connectivity index (χ0) is 12.3. The third-order valence-electron chi connectivity index (χ3n) is 3.09. The fourth-order valence-electron chi connectivity index (χ4n) is 2.01. The molecule has 94 valence electrons. The fourth-order valence-corrected chi connectivity index (χ4v) is 2.01. The van der Waals surface area contributed by atoms with Crippen LogP contribution in [0, 0.1) is 0 Å². The Kier molecular flexibility index (Phi) is 3.42. The number of hydrogen-bond acceptors (Lipinski definition) is 4. The van der Waals surface area contributed by atoms with Crippen LogP contribution >= 0.6 is 0 Å².